The first-order valence-corrected chi connectivity index (χ1v) is 7.29. The molecular weight excluding hydrogens is 292 g/mol. The van der Waals surface area contributed by atoms with Crippen molar-refractivity contribution in [1.82, 2.24) is 0 Å². The maximum Gasteiger partial charge on any atom is 0.324 e. The van der Waals surface area contributed by atoms with Crippen LogP contribution in [0.3, 0.4) is 0 Å². The molecule has 0 aliphatic carbocycles. The number of aliphatic hydroxyl groups excluding tert-OH is 1. The van der Waals surface area contributed by atoms with E-state index in [0.29, 0.717) is 24.5 Å². The Bertz CT molecular complexity index is 627. The summed E-state index contributed by atoms with van der Waals surface area (Å²) in [6, 6.07) is 8.70. The molecule has 1 heterocycles. The van der Waals surface area contributed by atoms with Crippen molar-refractivity contribution in [1.29, 1.82) is 0 Å². The summed E-state index contributed by atoms with van der Waals surface area (Å²) in [5.74, 6) is 0.664. The summed E-state index contributed by atoms with van der Waals surface area (Å²) in [6.07, 6.45) is 0. The molecule has 112 valence electrons. The summed E-state index contributed by atoms with van der Waals surface area (Å²) in [6.45, 7) is 2.82. The van der Waals surface area contributed by atoms with E-state index < -0.39 is 4.92 Å². The van der Waals surface area contributed by atoms with Crippen LogP contribution in [0.1, 0.15) is 17.4 Å². The molecule has 0 spiro atoms. The van der Waals surface area contributed by atoms with Crippen LogP contribution in [0, 0.1) is 10.1 Å². The first kappa shape index (κ1) is 15.3. The van der Waals surface area contributed by atoms with Gasteiger partial charge in [-0.25, -0.2) is 0 Å². The van der Waals surface area contributed by atoms with Crippen molar-refractivity contribution in [3.8, 4) is 5.75 Å². The van der Waals surface area contributed by atoms with Gasteiger partial charge in [-0.3, -0.25) is 10.1 Å². The quantitative estimate of drug-likeness (QED) is 0.606. The second-order valence-electron chi connectivity index (χ2n) is 4.26. The molecule has 0 aliphatic heterocycles. The van der Waals surface area contributed by atoms with Gasteiger partial charge in [0.2, 0.25) is 0 Å². The Morgan fingerprint density at radius 2 is 2.19 bits per heavy atom. The Morgan fingerprint density at radius 1 is 1.38 bits per heavy atom. The standard InChI is InChI=1S/C14H16N2O4S/c1-2-20-13-5-3-11(7-10(13)9-17)15-8-12-4-6-14(21-12)16(18)19/h3-7,15,17H,2,8-9H2,1H3. The Balaban J connectivity index is 2.03. The Morgan fingerprint density at radius 3 is 2.81 bits per heavy atom. The van der Waals surface area contributed by atoms with E-state index in [1.807, 2.05) is 19.1 Å². The van der Waals surface area contributed by atoms with E-state index in [0.717, 1.165) is 21.9 Å². The van der Waals surface area contributed by atoms with Gasteiger partial charge in [-0.2, -0.15) is 0 Å². The smallest absolute Gasteiger partial charge is 0.324 e. The highest BCUT2D eigenvalue weighted by Gasteiger charge is 2.10. The minimum atomic E-state index is -0.394. The van der Waals surface area contributed by atoms with Gasteiger partial charge in [0, 0.05) is 28.7 Å². The van der Waals surface area contributed by atoms with Gasteiger partial charge in [0.15, 0.2) is 0 Å². The topological polar surface area (TPSA) is 84.6 Å². The number of rotatable bonds is 7. The SMILES string of the molecule is CCOc1ccc(NCc2ccc([N+](=O)[O-])s2)cc1CO. The number of ether oxygens (including phenoxy) is 1. The maximum atomic E-state index is 10.6. The average molecular weight is 308 g/mol. The number of nitro groups is 1. The summed E-state index contributed by atoms with van der Waals surface area (Å²) in [5, 5.41) is 23.3. The number of thiophene rings is 1. The molecule has 2 rings (SSSR count). The van der Waals surface area contributed by atoms with Crippen LogP contribution >= 0.6 is 11.3 Å². The van der Waals surface area contributed by atoms with Crippen LogP contribution in [0.2, 0.25) is 0 Å². The average Bonchev–Trinajstić information content (AvgIpc) is 2.95. The molecule has 6 nitrogen and oxygen atoms in total. The first-order chi connectivity index (χ1) is 10.1. The molecule has 0 saturated carbocycles. The number of benzene rings is 1. The Hall–Kier alpha value is -2.12. The molecule has 1 aromatic heterocycles. The summed E-state index contributed by atoms with van der Waals surface area (Å²) in [7, 11) is 0. The van der Waals surface area contributed by atoms with Crippen molar-refractivity contribution < 1.29 is 14.8 Å². The van der Waals surface area contributed by atoms with Crippen LogP contribution in [-0.4, -0.2) is 16.6 Å². The zero-order chi connectivity index (χ0) is 15.2. The summed E-state index contributed by atoms with van der Waals surface area (Å²) >= 11 is 1.15. The maximum absolute atomic E-state index is 10.6. The van der Waals surface area contributed by atoms with Crippen molar-refractivity contribution in [2.75, 3.05) is 11.9 Å². The molecule has 0 radical (unpaired) electrons. The van der Waals surface area contributed by atoms with Gasteiger partial charge in [0.05, 0.1) is 18.1 Å². The second kappa shape index (κ2) is 7.05. The van der Waals surface area contributed by atoms with E-state index in [1.165, 1.54) is 6.07 Å². The first-order valence-electron chi connectivity index (χ1n) is 6.47. The molecule has 1 aromatic carbocycles. The lowest BCUT2D eigenvalue weighted by atomic mass is 10.2. The second-order valence-corrected chi connectivity index (χ2v) is 5.41. The van der Waals surface area contributed by atoms with E-state index in [1.54, 1.807) is 12.1 Å². The molecule has 7 heteroatoms. The van der Waals surface area contributed by atoms with Crippen LogP contribution in [0.4, 0.5) is 10.7 Å². The normalized spacial score (nSPS) is 10.4. The van der Waals surface area contributed by atoms with Gasteiger partial charge in [-0.15, -0.1) is 0 Å². The van der Waals surface area contributed by atoms with E-state index in [2.05, 4.69) is 5.32 Å². The largest absolute Gasteiger partial charge is 0.494 e. The van der Waals surface area contributed by atoms with Gasteiger partial charge in [0.25, 0.3) is 0 Å². The van der Waals surface area contributed by atoms with Crippen LogP contribution in [0.15, 0.2) is 30.3 Å². The molecule has 0 atom stereocenters. The summed E-state index contributed by atoms with van der Waals surface area (Å²) < 4.78 is 5.41. The zero-order valence-electron chi connectivity index (χ0n) is 11.5. The van der Waals surface area contributed by atoms with Crippen LogP contribution in [0.5, 0.6) is 5.75 Å². The minimum absolute atomic E-state index is 0.102. The fourth-order valence-corrected chi connectivity index (χ4v) is 2.62. The predicted molar refractivity (Wildman–Crippen MR) is 81.8 cm³/mol. The molecule has 0 aliphatic rings. The van der Waals surface area contributed by atoms with Crippen molar-refractivity contribution in [3.63, 3.8) is 0 Å². The molecular formula is C14H16N2O4S. The van der Waals surface area contributed by atoms with Crippen molar-refractivity contribution in [2.24, 2.45) is 0 Å². The molecule has 2 N–H and O–H groups in total. The van der Waals surface area contributed by atoms with Crippen LogP contribution in [0.25, 0.3) is 0 Å². The van der Waals surface area contributed by atoms with Gasteiger partial charge in [-0.05, 0) is 31.2 Å². The zero-order valence-corrected chi connectivity index (χ0v) is 12.4. The molecule has 0 unspecified atom stereocenters. The molecule has 21 heavy (non-hydrogen) atoms. The number of hydrogen-bond acceptors (Lipinski definition) is 6. The Kier molecular flexibility index (Phi) is 5.13. The van der Waals surface area contributed by atoms with Gasteiger partial charge in [-0.1, -0.05) is 11.3 Å². The highest BCUT2D eigenvalue weighted by molar-refractivity contribution is 7.15. The fourth-order valence-electron chi connectivity index (χ4n) is 1.86. The number of nitrogens with one attached hydrogen (secondary N) is 1. The number of aliphatic hydroxyl groups is 1. The Labute approximate surface area is 126 Å². The molecule has 0 saturated heterocycles. The lowest BCUT2D eigenvalue weighted by Gasteiger charge is -2.11. The van der Waals surface area contributed by atoms with E-state index in [9.17, 15) is 15.2 Å². The number of anilines is 1. The number of nitrogens with zero attached hydrogens (tertiary/aromatic N) is 1. The molecule has 0 amide bonds. The van der Waals surface area contributed by atoms with E-state index in [4.69, 9.17) is 4.74 Å². The summed E-state index contributed by atoms with van der Waals surface area (Å²) in [5.41, 5.74) is 1.54. The van der Waals surface area contributed by atoms with Gasteiger partial charge < -0.3 is 15.2 Å². The third kappa shape index (κ3) is 3.93. The lowest BCUT2D eigenvalue weighted by molar-refractivity contribution is -0.380. The van der Waals surface area contributed by atoms with Crippen molar-refractivity contribution in [3.05, 3.63) is 50.9 Å². The molecule has 0 bridgehead atoms. The third-order valence-electron chi connectivity index (χ3n) is 2.82. The van der Waals surface area contributed by atoms with Crippen molar-refractivity contribution >= 4 is 22.0 Å². The van der Waals surface area contributed by atoms with Gasteiger partial charge >= 0.3 is 5.00 Å². The monoisotopic (exact) mass is 308 g/mol. The van der Waals surface area contributed by atoms with E-state index >= 15 is 0 Å². The summed E-state index contributed by atoms with van der Waals surface area (Å²) in [4.78, 5) is 11.1. The molecule has 0 fully saturated rings. The lowest BCUT2D eigenvalue weighted by Crippen LogP contribution is -2.01. The highest BCUT2D eigenvalue weighted by Crippen LogP contribution is 2.26. The fraction of sp³-hybridized carbons (Fsp3) is 0.286. The minimum Gasteiger partial charge on any atom is -0.494 e. The van der Waals surface area contributed by atoms with E-state index in [-0.39, 0.29) is 11.6 Å². The highest BCUT2D eigenvalue weighted by atomic mass is 32.1. The van der Waals surface area contributed by atoms with Crippen LogP contribution < -0.4 is 10.1 Å². The predicted octanol–water partition coefficient (Wildman–Crippen LogP) is 3.16. The van der Waals surface area contributed by atoms with Gasteiger partial charge in [0.1, 0.15) is 5.75 Å². The van der Waals surface area contributed by atoms with Crippen molar-refractivity contribution in [2.45, 2.75) is 20.1 Å². The third-order valence-corrected chi connectivity index (χ3v) is 3.86. The van der Waals surface area contributed by atoms with Crippen LogP contribution in [-0.2, 0) is 13.2 Å². The molecule has 2 aromatic rings. The number of hydrogen-bond donors (Lipinski definition) is 2.